The van der Waals surface area contributed by atoms with Gasteiger partial charge in [-0.05, 0) is 51.1 Å². The van der Waals surface area contributed by atoms with Crippen LogP contribution in [-0.4, -0.2) is 41.8 Å². The van der Waals surface area contributed by atoms with E-state index < -0.39 is 6.04 Å². The van der Waals surface area contributed by atoms with Crippen LogP contribution < -0.4 is 10.6 Å². The summed E-state index contributed by atoms with van der Waals surface area (Å²) in [5.74, 6) is -0.753. The molecule has 1 atom stereocenters. The second kappa shape index (κ2) is 9.52. The van der Waals surface area contributed by atoms with Crippen LogP contribution in [0.25, 0.3) is 0 Å². The average molecular weight is 367 g/mol. The fourth-order valence-corrected chi connectivity index (χ4v) is 2.61. The number of benzene rings is 2. The van der Waals surface area contributed by atoms with Gasteiger partial charge >= 0.3 is 0 Å². The van der Waals surface area contributed by atoms with Crippen molar-refractivity contribution >= 4 is 23.4 Å². The smallest absolute Gasteiger partial charge is 0.253 e. The Labute approximate surface area is 159 Å². The van der Waals surface area contributed by atoms with Gasteiger partial charge in [0.05, 0.1) is 0 Å². The molecule has 0 aliphatic carbocycles. The lowest BCUT2D eigenvalue weighted by molar-refractivity contribution is -0.117. The Morgan fingerprint density at radius 1 is 0.926 bits per heavy atom. The third kappa shape index (κ3) is 5.41. The molecular formula is C21H25N3O3. The molecule has 6 heteroatoms. The van der Waals surface area contributed by atoms with Gasteiger partial charge < -0.3 is 15.5 Å². The highest BCUT2D eigenvalue weighted by atomic mass is 16.2. The Hall–Kier alpha value is -3.15. The van der Waals surface area contributed by atoms with E-state index in [1.165, 1.54) is 0 Å². The standard InChI is InChI=1S/C21H25N3O3/c1-4-24(5-2)21(27)17-12-9-13-18(14-17)23-19(25)15(3)22-20(26)16-10-7-6-8-11-16/h6-15H,4-5H2,1-3H3,(H,22,26)(H,23,25). The van der Waals surface area contributed by atoms with E-state index in [4.69, 9.17) is 0 Å². The summed E-state index contributed by atoms with van der Waals surface area (Å²) in [6.45, 7) is 6.69. The first-order valence-corrected chi connectivity index (χ1v) is 9.02. The molecule has 1 unspecified atom stereocenters. The average Bonchev–Trinajstić information content (AvgIpc) is 2.69. The van der Waals surface area contributed by atoms with Gasteiger partial charge in [-0.2, -0.15) is 0 Å². The molecule has 0 bridgehead atoms. The van der Waals surface area contributed by atoms with Crippen LogP contribution in [0.2, 0.25) is 0 Å². The maximum atomic E-state index is 12.4. The van der Waals surface area contributed by atoms with Gasteiger partial charge in [-0.3, -0.25) is 14.4 Å². The van der Waals surface area contributed by atoms with Crippen LogP contribution in [0, 0.1) is 0 Å². The maximum absolute atomic E-state index is 12.4. The van der Waals surface area contributed by atoms with Crippen molar-refractivity contribution in [3.8, 4) is 0 Å². The number of rotatable bonds is 7. The summed E-state index contributed by atoms with van der Waals surface area (Å²) in [5, 5.41) is 5.41. The highest BCUT2D eigenvalue weighted by molar-refractivity contribution is 6.02. The number of hydrogen-bond donors (Lipinski definition) is 2. The Kier molecular flexibility index (Phi) is 7.11. The maximum Gasteiger partial charge on any atom is 0.253 e. The number of nitrogens with zero attached hydrogens (tertiary/aromatic N) is 1. The fourth-order valence-electron chi connectivity index (χ4n) is 2.61. The first-order chi connectivity index (χ1) is 13.0. The lowest BCUT2D eigenvalue weighted by atomic mass is 10.1. The lowest BCUT2D eigenvalue weighted by Gasteiger charge is -2.19. The molecule has 0 fully saturated rings. The SMILES string of the molecule is CCN(CC)C(=O)c1cccc(NC(=O)C(C)NC(=O)c2ccccc2)c1. The molecule has 0 radical (unpaired) electrons. The van der Waals surface area contributed by atoms with Gasteiger partial charge in [-0.15, -0.1) is 0 Å². The largest absolute Gasteiger partial charge is 0.341 e. The minimum Gasteiger partial charge on any atom is -0.341 e. The third-order valence-electron chi connectivity index (χ3n) is 4.20. The predicted molar refractivity (Wildman–Crippen MR) is 106 cm³/mol. The normalized spacial score (nSPS) is 11.4. The van der Waals surface area contributed by atoms with Gasteiger partial charge in [0.25, 0.3) is 11.8 Å². The van der Waals surface area contributed by atoms with Crippen LogP contribution in [0.15, 0.2) is 54.6 Å². The number of nitrogens with one attached hydrogen (secondary N) is 2. The lowest BCUT2D eigenvalue weighted by Crippen LogP contribution is -2.41. The zero-order valence-corrected chi connectivity index (χ0v) is 15.9. The molecule has 2 N–H and O–H groups in total. The molecule has 6 nitrogen and oxygen atoms in total. The van der Waals surface area contributed by atoms with Crippen molar-refractivity contribution in [2.45, 2.75) is 26.8 Å². The molecular weight excluding hydrogens is 342 g/mol. The highest BCUT2D eigenvalue weighted by Crippen LogP contribution is 2.13. The van der Waals surface area contributed by atoms with Crippen LogP contribution in [0.3, 0.4) is 0 Å². The number of anilines is 1. The number of amides is 3. The van der Waals surface area contributed by atoms with Crippen LogP contribution in [0.1, 0.15) is 41.5 Å². The molecule has 2 aromatic carbocycles. The Morgan fingerprint density at radius 2 is 1.56 bits per heavy atom. The summed E-state index contributed by atoms with van der Waals surface area (Å²) in [7, 11) is 0. The number of carbonyl (C=O) groups excluding carboxylic acids is 3. The summed E-state index contributed by atoms with van der Waals surface area (Å²) in [4.78, 5) is 38.7. The molecule has 0 saturated heterocycles. The molecule has 2 rings (SSSR count). The van der Waals surface area contributed by atoms with Crippen LogP contribution in [0.4, 0.5) is 5.69 Å². The molecule has 3 amide bonds. The Balaban J connectivity index is 2.01. The molecule has 0 heterocycles. The summed E-state index contributed by atoms with van der Waals surface area (Å²) in [6.07, 6.45) is 0. The zero-order chi connectivity index (χ0) is 19.8. The van der Waals surface area contributed by atoms with Gasteiger partial charge in [0.15, 0.2) is 0 Å². The second-order valence-electron chi connectivity index (χ2n) is 6.11. The van der Waals surface area contributed by atoms with Crippen molar-refractivity contribution in [3.63, 3.8) is 0 Å². The van der Waals surface area contributed by atoms with Crippen molar-refractivity contribution in [1.82, 2.24) is 10.2 Å². The van der Waals surface area contributed by atoms with Crippen LogP contribution in [-0.2, 0) is 4.79 Å². The van der Waals surface area contributed by atoms with Gasteiger partial charge in [0.2, 0.25) is 5.91 Å². The topological polar surface area (TPSA) is 78.5 Å². The van der Waals surface area contributed by atoms with Crippen molar-refractivity contribution < 1.29 is 14.4 Å². The minimum atomic E-state index is -0.722. The molecule has 0 aliphatic heterocycles. The van der Waals surface area contributed by atoms with E-state index in [1.807, 2.05) is 19.9 Å². The van der Waals surface area contributed by atoms with Gasteiger partial charge in [-0.1, -0.05) is 24.3 Å². The van der Waals surface area contributed by atoms with E-state index >= 15 is 0 Å². The van der Waals surface area contributed by atoms with E-state index in [-0.39, 0.29) is 17.7 Å². The first-order valence-electron chi connectivity index (χ1n) is 9.02. The molecule has 142 valence electrons. The van der Waals surface area contributed by atoms with Crippen molar-refractivity contribution in [2.75, 3.05) is 18.4 Å². The summed E-state index contributed by atoms with van der Waals surface area (Å²) < 4.78 is 0. The van der Waals surface area contributed by atoms with E-state index in [9.17, 15) is 14.4 Å². The van der Waals surface area contributed by atoms with E-state index in [0.29, 0.717) is 29.9 Å². The summed E-state index contributed by atoms with van der Waals surface area (Å²) >= 11 is 0. The molecule has 0 aromatic heterocycles. The quantitative estimate of drug-likeness (QED) is 0.790. The summed E-state index contributed by atoms with van der Waals surface area (Å²) in [6, 6.07) is 14.8. The van der Waals surface area contributed by atoms with Crippen molar-refractivity contribution in [1.29, 1.82) is 0 Å². The van der Waals surface area contributed by atoms with E-state index in [1.54, 1.807) is 60.4 Å². The van der Waals surface area contributed by atoms with Crippen molar-refractivity contribution in [3.05, 3.63) is 65.7 Å². The molecule has 0 spiro atoms. The molecule has 27 heavy (non-hydrogen) atoms. The summed E-state index contributed by atoms with van der Waals surface area (Å²) in [5.41, 5.74) is 1.51. The minimum absolute atomic E-state index is 0.0819. The number of hydrogen-bond acceptors (Lipinski definition) is 3. The predicted octanol–water partition coefficient (Wildman–Crippen LogP) is 2.93. The highest BCUT2D eigenvalue weighted by Gasteiger charge is 2.18. The zero-order valence-electron chi connectivity index (χ0n) is 15.9. The monoisotopic (exact) mass is 367 g/mol. The first kappa shape index (κ1) is 20.2. The molecule has 0 aliphatic rings. The van der Waals surface area contributed by atoms with Crippen LogP contribution in [0.5, 0.6) is 0 Å². The molecule has 2 aromatic rings. The Morgan fingerprint density at radius 3 is 2.19 bits per heavy atom. The third-order valence-corrected chi connectivity index (χ3v) is 4.20. The van der Waals surface area contributed by atoms with Gasteiger partial charge in [-0.25, -0.2) is 0 Å². The van der Waals surface area contributed by atoms with Gasteiger partial charge in [0, 0.05) is 29.9 Å². The van der Waals surface area contributed by atoms with E-state index in [0.717, 1.165) is 0 Å². The fraction of sp³-hybridized carbons (Fsp3) is 0.286. The number of carbonyl (C=O) groups is 3. The van der Waals surface area contributed by atoms with Crippen molar-refractivity contribution in [2.24, 2.45) is 0 Å². The molecule has 0 saturated carbocycles. The second-order valence-corrected chi connectivity index (χ2v) is 6.11. The van der Waals surface area contributed by atoms with Crippen LogP contribution >= 0.6 is 0 Å². The van der Waals surface area contributed by atoms with Gasteiger partial charge in [0.1, 0.15) is 6.04 Å². The Bertz CT molecular complexity index is 801. The van der Waals surface area contributed by atoms with E-state index in [2.05, 4.69) is 10.6 Å².